The van der Waals surface area contributed by atoms with Crippen LogP contribution >= 0.6 is 11.6 Å². The molecule has 8 heteroatoms. The van der Waals surface area contributed by atoms with E-state index in [1.807, 2.05) is 0 Å². The molecule has 1 heterocycles. The van der Waals surface area contributed by atoms with Crippen molar-refractivity contribution in [2.24, 2.45) is 0 Å². The van der Waals surface area contributed by atoms with Gasteiger partial charge in [-0.2, -0.15) is 0 Å². The van der Waals surface area contributed by atoms with Gasteiger partial charge in [0.1, 0.15) is 0 Å². The summed E-state index contributed by atoms with van der Waals surface area (Å²) in [5.74, 6) is -0.969. The molecule has 4 rings (SSSR count). The van der Waals surface area contributed by atoms with E-state index in [4.69, 9.17) is 16.7 Å². The molecule has 0 spiro atoms. The van der Waals surface area contributed by atoms with Gasteiger partial charge >= 0.3 is 12.3 Å². The Kier molecular flexibility index (Phi) is 4.58. The summed E-state index contributed by atoms with van der Waals surface area (Å²) in [5, 5.41) is 7.92. The molecule has 2 aromatic carbocycles. The summed E-state index contributed by atoms with van der Waals surface area (Å²) in [7, 11) is 0. The number of halogens is 3. The molecule has 0 radical (unpaired) electrons. The van der Waals surface area contributed by atoms with E-state index < -0.39 is 22.9 Å². The van der Waals surface area contributed by atoms with Gasteiger partial charge in [0.05, 0.1) is 11.0 Å². The minimum absolute atomic E-state index is 0.0310. The Morgan fingerprint density at radius 3 is 2.12 bits per heavy atom. The summed E-state index contributed by atoms with van der Waals surface area (Å²) >= 11 is 5.51. The molecule has 0 aromatic heterocycles. The lowest BCUT2D eigenvalue weighted by atomic mass is 9.97. The summed E-state index contributed by atoms with van der Waals surface area (Å²) in [6.45, 7) is 0. The van der Waals surface area contributed by atoms with E-state index >= 15 is 0 Å². The Bertz CT molecular complexity index is 850. The van der Waals surface area contributed by atoms with E-state index in [1.54, 1.807) is 36.4 Å². The van der Waals surface area contributed by atoms with Crippen LogP contribution in [0, 0.1) is 0 Å². The molecule has 2 aromatic rings. The van der Waals surface area contributed by atoms with Gasteiger partial charge in [0, 0.05) is 0 Å². The molecule has 0 bridgehead atoms. The standard InChI is InChI=1S/C11H7ClF2O3.C7H6O2/c12-9(15)10(3-4-10)6-1-2-7-8(5-6)17-11(13,14)16-7;8-7(9)6-4-2-1-3-5-6/h1-2,5H,3-4H2;1-5H,(H,8,9). The van der Waals surface area contributed by atoms with Crippen molar-refractivity contribution in [3.63, 3.8) is 0 Å². The number of carboxylic acid groups (broad SMARTS) is 1. The van der Waals surface area contributed by atoms with Gasteiger partial charge in [-0.3, -0.25) is 4.79 Å². The SMILES string of the molecule is O=C(Cl)C1(c2ccc3c(c2)OC(F)(F)O3)CC1.O=C(O)c1ccccc1. The van der Waals surface area contributed by atoms with Crippen LogP contribution in [0.3, 0.4) is 0 Å². The van der Waals surface area contributed by atoms with Gasteiger partial charge < -0.3 is 14.6 Å². The second-order valence-corrected chi connectivity index (χ2v) is 6.20. The van der Waals surface area contributed by atoms with E-state index in [0.717, 1.165) is 0 Å². The largest absolute Gasteiger partial charge is 0.586 e. The summed E-state index contributed by atoms with van der Waals surface area (Å²) in [4.78, 5) is 21.5. The van der Waals surface area contributed by atoms with Crippen LogP contribution in [0.2, 0.25) is 0 Å². The van der Waals surface area contributed by atoms with Crippen LogP contribution in [0.1, 0.15) is 28.8 Å². The highest BCUT2D eigenvalue weighted by molar-refractivity contribution is 6.66. The van der Waals surface area contributed by atoms with E-state index in [2.05, 4.69) is 9.47 Å². The first-order chi connectivity index (χ1) is 12.2. The molecule has 0 amide bonds. The van der Waals surface area contributed by atoms with E-state index in [0.29, 0.717) is 24.0 Å². The Labute approximate surface area is 152 Å². The highest BCUT2D eigenvalue weighted by atomic mass is 35.5. The average molecular weight is 383 g/mol. The maximum atomic E-state index is 12.8. The van der Waals surface area contributed by atoms with Crippen molar-refractivity contribution in [1.29, 1.82) is 0 Å². The smallest absolute Gasteiger partial charge is 0.478 e. The zero-order valence-corrected chi connectivity index (χ0v) is 14.0. The molecule has 26 heavy (non-hydrogen) atoms. The fraction of sp³-hybridized carbons (Fsp3) is 0.222. The van der Waals surface area contributed by atoms with Crippen LogP contribution in [0.4, 0.5) is 8.78 Å². The van der Waals surface area contributed by atoms with Crippen molar-refractivity contribution in [2.45, 2.75) is 24.6 Å². The van der Waals surface area contributed by atoms with Crippen molar-refractivity contribution in [3.05, 3.63) is 59.7 Å². The Morgan fingerprint density at radius 1 is 1.00 bits per heavy atom. The molecule has 5 nitrogen and oxygen atoms in total. The molecular weight excluding hydrogens is 370 g/mol. The summed E-state index contributed by atoms with van der Waals surface area (Å²) in [6.07, 6.45) is -2.38. The van der Waals surface area contributed by atoms with Crippen LogP contribution in [-0.4, -0.2) is 22.6 Å². The Morgan fingerprint density at radius 2 is 1.62 bits per heavy atom. The molecule has 1 aliphatic heterocycles. The number of carbonyl (C=O) groups excluding carboxylic acids is 1. The van der Waals surface area contributed by atoms with Crippen LogP contribution in [0.5, 0.6) is 11.5 Å². The highest BCUT2D eigenvalue weighted by Gasteiger charge is 2.52. The maximum absolute atomic E-state index is 12.8. The monoisotopic (exact) mass is 382 g/mol. The summed E-state index contributed by atoms with van der Waals surface area (Å²) < 4.78 is 34.2. The first kappa shape index (κ1) is 18.1. The van der Waals surface area contributed by atoms with Gasteiger partial charge in [0.2, 0.25) is 5.24 Å². The molecule has 2 aliphatic rings. The Hall–Kier alpha value is -2.67. The van der Waals surface area contributed by atoms with Gasteiger partial charge in [-0.15, -0.1) is 8.78 Å². The van der Waals surface area contributed by atoms with Gasteiger partial charge in [-0.25, -0.2) is 4.79 Å². The number of benzene rings is 2. The fourth-order valence-electron chi connectivity index (χ4n) is 2.55. The molecule has 1 N–H and O–H groups in total. The topological polar surface area (TPSA) is 72.8 Å². The molecular formula is C18H13ClF2O5. The number of ether oxygens (including phenoxy) is 2. The molecule has 0 saturated heterocycles. The minimum Gasteiger partial charge on any atom is -0.478 e. The third-order valence-corrected chi connectivity index (χ3v) is 4.46. The van der Waals surface area contributed by atoms with Gasteiger partial charge in [-0.1, -0.05) is 24.3 Å². The third kappa shape index (κ3) is 3.62. The van der Waals surface area contributed by atoms with Crippen LogP contribution in [0.15, 0.2) is 48.5 Å². The first-order valence-electron chi connectivity index (χ1n) is 7.62. The zero-order valence-electron chi connectivity index (χ0n) is 13.2. The quantitative estimate of drug-likeness (QED) is 0.806. The number of alkyl halides is 2. The molecule has 1 saturated carbocycles. The number of aromatic carboxylic acids is 1. The number of hydrogen-bond acceptors (Lipinski definition) is 4. The van der Waals surface area contributed by atoms with Crippen LogP contribution in [0.25, 0.3) is 0 Å². The van der Waals surface area contributed by atoms with E-state index in [1.165, 1.54) is 12.1 Å². The zero-order chi connectivity index (χ0) is 18.9. The van der Waals surface area contributed by atoms with Gasteiger partial charge in [0.15, 0.2) is 11.5 Å². The van der Waals surface area contributed by atoms with E-state index in [9.17, 15) is 18.4 Å². The molecule has 1 fully saturated rings. The lowest BCUT2D eigenvalue weighted by molar-refractivity contribution is -0.286. The van der Waals surface area contributed by atoms with Gasteiger partial charge in [0.25, 0.3) is 0 Å². The summed E-state index contributed by atoms with van der Waals surface area (Å²) in [5.41, 5.74) is 0.202. The molecule has 136 valence electrons. The number of carbonyl (C=O) groups is 2. The number of fused-ring (bicyclic) bond motifs is 1. The number of hydrogen-bond donors (Lipinski definition) is 1. The first-order valence-corrected chi connectivity index (χ1v) is 8.00. The predicted octanol–water partition coefficient (Wildman–Crippen LogP) is 4.19. The fourth-order valence-corrected chi connectivity index (χ4v) is 2.85. The van der Waals surface area contributed by atoms with Crippen molar-refractivity contribution in [1.82, 2.24) is 0 Å². The van der Waals surface area contributed by atoms with Crippen molar-refractivity contribution in [2.75, 3.05) is 0 Å². The van der Waals surface area contributed by atoms with E-state index in [-0.39, 0.29) is 11.5 Å². The predicted molar refractivity (Wildman–Crippen MR) is 87.8 cm³/mol. The molecule has 0 atom stereocenters. The number of carboxylic acids is 1. The van der Waals surface area contributed by atoms with Crippen molar-refractivity contribution >= 4 is 22.8 Å². The van der Waals surface area contributed by atoms with Gasteiger partial charge in [-0.05, 0) is 54.3 Å². The normalized spacial score (nSPS) is 17.7. The van der Waals surface area contributed by atoms with Crippen molar-refractivity contribution in [3.8, 4) is 11.5 Å². The second kappa shape index (κ2) is 6.57. The molecule has 0 unspecified atom stereocenters. The lowest BCUT2D eigenvalue weighted by Crippen LogP contribution is -2.26. The lowest BCUT2D eigenvalue weighted by Gasteiger charge is -2.10. The maximum Gasteiger partial charge on any atom is 0.586 e. The third-order valence-electron chi connectivity index (χ3n) is 4.10. The van der Waals surface area contributed by atoms with Crippen LogP contribution < -0.4 is 9.47 Å². The average Bonchev–Trinajstić information content (AvgIpc) is 3.34. The van der Waals surface area contributed by atoms with Crippen molar-refractivity contribution < 1.29 is 33.0 Å². The highest BCUT2D eigenvalue weighted by Crippen LogP contribution is 2.52. The Balaban J connectivity index is 0.000000185. The number of rotatable bonds is 3. The second-order valence-electron chi connectivity index (χ2n) is 5.86. The van der Waals surface area contributed by atoms with Crippen LogP contribution in [-0.2, 0) is 10.2 Å². The minimum atomic E-state index is -3.64. The summed E-state index contributed by atoms with van der Waals surface area (Å²) in [6, 6.07) is 12.6. The molecule has 1 aliphatic carbocycles.